The molecule has 118 valence electrons. The molecule has 0 unspecified atom stereocenters. The van der Waals surface area contributed by atoms with E-state index in [-0.39, 0.29) is 18.2 Å². The van der Waals surface area contributed by atoms with Crippen LogP contribution in [0.2, 0.25) is 5.02 Å². The molecule has 1 amide bonds. The highest BCUT2D eigenvalue weighted by Gasteiger charge is 2.39. The van der Waals surface area contributed by atoms with Crippen LogP contribution < -0.4 is 10.2 Å². The van der Waals surface area contributed by atoms with Gasteiger partial charge in [-0.3, -0.25) is 9.59 Å². The van der Waals surface area contributed by atoms with Crippen molar-refractivity contribution in [1.29, 1.82) is 0 Å². The Bertz CT molecular complexity index is 769. The quantitative estimate of drug-likeness (QED) is 0.873. The van der Waals surface area contributed by atoms with Crippen LogP contribution in [0.5, 0.6) is 0 Å². The van der Waals surface area contributed by atoms with Gasteiger partial charge in [0.2, 0.25) is 0 Å². The number of carbonyl (C=O) groups is 2. The lowest BCUT2D eigenvalue weighted by Gasteiger charge is -2.39. The van der Waals surface area contributed by atoms with Crippen LogP contribution in [0.4, 0.5) is 11.4 Å². The molecule has 0 spiro atoms. The number of Topliss-reactive ketones (excluding diaryl/α,β-unsaturated/α-hetero) is 1. The molecule has 0 radical (unpaired) electrons. The van der Waals surface area contributed by atoms with Crippen molar-refractivity contribution in [2.75, 3.05) is 16.8 Å². The molecular weight excluding hydrogens is 312 g/mol. The zero-order valence-corrected chi connectivity index (χ0v) is 13.7. The highest BCUT2D eigenvalue weighted by atomic mass is 35.5. The van der Waals surface area contributed by atoms with Crippen molar-refractivity contribution in [3.05, 3.63) is 59.1 Å². The molecule has 0 aliphatic carbocycles. The van der Waals surface area contributed by atoms with Crippen LogP contribution in [0.15, 0.2) is 48.5 Å². The van der Waals surface area contributed by atoms with Crippen molar-refractivity contribution in [2.24, 2.45) is 0 Å². The van der Waals surface area contributed by atoms with Crippen molar-refractivity contribution in [3.63, 3.8) is 0 Å². The highest BCUT2D eigenvalue weighted by molar-refractivity contribution is 6.30. The molecule has 5 heteroatoms. The second-order valence-electron chi connectivity index (χ2n) is 6.09. The van der Waals surface area contributed by atoms with Gasteiger partial charge in [0, 0.05) is 10.6 Å². The molecule has 1 heterocycles. The number of anilines is 2. The predicted molar refractivity (Wildman–Crippen MR) is 92.3 cm³/mol. The molecule has 23 heavy (non-hydrogen) atoms. The first kappa shape index (κ1) is 15.6. The monoisotopic (exact) mass is 328 g/mol. The van der Waals surface area contributed by atoms with Crippen molar-refractivity contribution in [2.45, 2.75) is 19.4 Å². The lowest BCUT2D eigenvalue weighted by molar-refractivity contribution is -0.122. The Morgan fingerprint density at radius 1 is 1.13 bits per heavy atom. The van der Waals surface area contributed by atoms with Crippen LogP contribution in [0.3, 0.4) is 0 Å². The average Bonchev–Trinajstić information content (AvgIpc) is 2.52. The number of carbonyl (C=O) groups excluding carboxylic acids is 2. The Labute approximate surface area is 140 Å². The molecule has 1 aliphatic heterocycles. The van der Waals surface area contributed by atoms with Crippen molar-refractivity contribution in [1.82, 2.24) is 0 Å². The molecule has 2 aromatic rings. The zero-order valence-electron chi connectivity index (χ0n) is 13.0. The van der Waals surface area contributed by atoms with Crippen LogP contribution in [-0.4, -0.2) is 23.8 Å². The first-order chi connectivity index (χ1) is 10.9. The van der Waals surface area contributed by atoms with Gasteiger partial charge in [0.25, 0.3) is 5.91 Å². The van der Waals surface area contributed by atoms with E-state index in [0.717, 1.165) is 11.4 Å². The molecule has 0 atom stereocenters. The molecule has 4 nitrogen and oxygen atoms in total. The third-order valence-corrected chi connectivity index (χ3v) is 4.14. The van der Waals surface area contributed by atoms with Crippen molar-refractivity contribution < 1.29 is 9.59 Å². The second-order valence-corrected chi connectivity index (χ2v) is 6.52. The number of nitrogens with zero attached hydrogens (tertiary/aromatic N) is 1. The predicted octanol–water partition coefficient (Wildman–Crippen LogP) is 3.76. The van der Waals surface area contributed by atoms with Gasteiger partial charge in [0.1, 0.15) is 5.54 Å². The maximum Gasteiger partial charge on any atom is 0.252 e. The third kappa shape index (κ3) is 2.94. The minimum atomic E-state index is -0.755. The number of hydrogen-bond donors (Lipinski definition) is 1. The summed E-state index contributed by atoms with van der Waals surface area (Å²) in [5, 5.41) is 3.79. The first-order valence-electron chi connectivity index (χ1n) is 7.36. The maximum absolute atomic E-state index is 12.7. The van der Waals surface area contributed by atoms with E-state index < -0.39 is 5.54 Å². The summed E-state index contributed by atoms with van der Waals surface area (Å²) < 4.78 is 0. The lowest BCUT2D eigenvalue weighted by atomic mass is 9.97. The van der Waals surface area contributed by atoms with Gasteiger partial charge in [-0.2, -0.15) is 0 Å². The van der Waals surface area contributed by atoms with Gasteiger partial charge in [-0.05, 0) is 50.2 Å². The van der Waals surface area contributed by atoms with Crippen molar-refractivity contribution in [3.8, 4) is 0 Å². The van der Waals surface area contributed by atoms with E-state index in [2.05, 4.69) is 5.32 Å². The molecule has 0 saturated heterocycles. The number of nitrogens with one attached hydrogen (secondary N) is 1. The Morgan fingerprint density at radius 2 is 1.78 bits per heavy atom. The molecule has 0 aromatic heterocycles. The van der Waals surface area contributed by atoms with Gasteiger partial charge in [-0.25, -0.2) is 0 Å². The third-order valence-electron chi connectivity index (χ3n) is 3.89. The SMILES string of the molecule is CC1(C)Nc2ccccc2N(CC(=O)c2ccc(Cl)cc2)C1=O. The van der Waals surface area contributed by atoms with E-state index in [0.29, 0.717) is 10.6 Å². The summed E-state index contributed by atoms with van der Waals surface area (Å²) in [7, 11) is 0. The number of amides is 1. The topological polar surface area (TPSA) is 49.4 Å². The van der Waals surface area contributed by atoms with Crippen LogP contribution in [0, 0.1) is 0 Å². The molecule has 0 bridgehead atoms. The lowest BCUT2D eigenvalue weighted by Crippen LogP contribution is -2.55. The van der Waals surface area contributed by atoms with E-state index >= 15 is 0 Å². The summed E-state index contributed by atoms with van der Waals surface area (Å²) in [5.74, 6) is -0.249. The number of hydrogen-bond acceptors (Lipinski definition) is 3. The summed E-state index contributed by atoms with van der Waals surface area (Å²) in [6, 6.07) is 14.2. The number of para-hydroxylation sites is 2. The van der Waals surface area contributed by atoms with E-state index in [9.17, 15) is 9.59 Å². The van der Waals surface area contributed by atoms with Gasteiger partial charge in [0.05, 0.1) is 17.9 Å². The number of rotatable bonds is 3. The van der Waals surface area contributed by atoms with E-state index in [1.54, 1.807) is 29.2 Å². The normalized spacial score (nSPS) is 15.8. The molecule has 1 N–H and O–H groups in total. The smallest absolute Gasteiger partial charge is 0.252 e. The summed E-state index contributed by atoms with van der Waals surface area (Å²) in [5.41, 5.74) is 1.35. The number of fused-ring (bicyclic) bond motifs is 1. The molecular formula is C18H17ClN2O2. The number of ketones is 1. The average molecular weight is 329 g/mol. The standard InChI is InChI=1S/C18H17ClN2O2/c1-18(2)17(23)21(15-6-4-3-5-14(15)20-18)11-16(22)12-7-9-13(19)10-8-12/h3-10,20H,11H2,1-2H3. The molecule has 0 fully saturated rings. The van der Waals surface area contributed by atoms with Crippen LogP contribution in [0.1, 0.15) is 24.2 Å². The van der Waals surface area contributed by atoms with Gasteiger partial charge in [0.15, 0.2) is 5.78 Å². The highest BCUT2D eigenvalue weighted by Crippen LogP contribution is 2.35. The van der Waals surface area contributed by atoms with E-state index in [1.165, 1.54) is 0 Å². The van der Waals surface area contributed by atoms with Gasteiger partial charge in [-0.1, -0.05) is 23.7 Å². The van der Waals surface area contributed by atoms with E-state index in [4.69, 9.17) is 11.6 Å². The van der Waals surface area contributed by atoms with Crippen LogP contribution in [-0.2, 0) is 4.79 Å². The number of halogens is 1. The summed E-state index contributed by atoms with van der Waals surface area (Å²) >= 11 is 5.85. The van der Waals surface area contributed by atoms with E-state index in [1.807, 2.05) is 38.1 Å². The maximum atomic E-state index is 12.7. The molecule has 0 saturated carbocycles. The molecule has 1 aliphatic rings. The van der Waals surface area contributed by atoms with Gasteiger partial charge >= 0.3 is 0 Å². The summed E-state index contributed by atoms with van der Waals surface area (Å²) in [6.45, 7) is 3.62. The van der Waals surface area contributed by atoms with Crippen LogP contribution in [0.25, 0.3) is 0 Å². The van der Waals surface area contributed by atoms with Gasteiger partial charge in [-0.15, -0.1) is 0 Å². The first-order valence-corrected chi connectivity index (χ1v) is 7.74. The Kier molecular flexibility index (Phi) is 3.86. The fraction of sp³-hybridized carbons (Fsp3) is 0.222. The van der Waals surface area contributed by atoms with Gasteiger partial charge < -0.3 is 10.2 Å². The Balaban J connectivity index is 1.93. The number of benzene rings is 2. The fourth-order valence-electron chi connectivity index (χ4n) is 2.68. The summed E-state index contributed by atoms with van der Waals surface area (Å²) in [6.07, 6.45) is 0. The van der Waals surface area contributed by atoms with Crippen LogP contribution >= 0.6 is 11.6 Å². The zero-order chi connectivity index (χ0) is 16.6. The Morgan fingerprint density at radius 3 is 2.48 bits per heavy atom. The van der Waals surface area contributed by atoms with Crippen molar-refractivity contribution >= 4 is 34.7 Å². The minimum absolute atomic E-state index is 0.00257. The molecule has 2 aromatic carbocycles. The second kappa shape index (κ2) is 5.70. The minimum Gasteiger partial charge on any atom is -0.370 e. The molecule has 3 rings (SSSR count). The summed E-state index contributed by atoms with van der Waals surface area (Å²) in [4.78, 5) is 26.8. The largest absolute Gasteiger partial charge is 0.370 e. The Hall–Kier alpha value is -2.33. The fourth-order valence-corrected chi connectivity index (χ4v) is 2.81.